The van der Waals surface area contributed by atoms with E-state index in [0.29, 0.717) is 27.2 Å². The van der Waals surface area contributed by atoms with Crippen LogP contribution in [0.25, 0.3) is 11.0 Å². The molecule has 0 aliphatic heterocycles. The van der Waals surface area contributed by atoms with E-state index in [1.807, 2.05) is 0 Å². The SMILES string of the molecule is CCOC(=O)c1ccccc1Cn1c(=O)n(C(=O)OC(C)(C)C)c2ccc(Cl)cc21. The average Bonchev–Trinajstić information content (AvgIpc) is 2.92. The molecule has 3 aromatic rings. The lowest BCUT2D eigenvalue weighted by Gasteiger charge is -2.19. The first-order chi connectivity index (χ1) is 14.1. The Morgan fingerprint density at radius 1 is 1.07 bits per heavy atom. The van der Waals surface area contributed by atoms with Crippen molar-refractivity contribution in [1.29, 1.82) is 0 Å². The summed E-state index contributed by atoms with van der Waals surface area (Å²) in [6.45, 7) is 7.19. The summed E-state index contributed by atoms with van der Waals surface area (Å²) in [5, 5.41) is 0.413. The molecule has 30 heavy (non-hydrogen) atoms. The number of hydrogen-bond acceptors (Lipinski definition) is 5. The molecule has 0 aliphatic carbocycles. The summed E-state index contributed by atoms with van der Waals surface area (Å²) in [5.41, 5.74) is 0.408. The summed E-state index contributed by atoms with van der Waals surface area (Å²) < 4.78 is 12.9. The van der Waals surface area contributed by atoms with Crippen LogP contribution >= 0.6 is 11.6 Å². The summed E-state index contributed by atoms with van der Waals surface area (Å²) in [6, 6.07) is 11.7. The molecule has 0 saturated carbocycles. The molecule has 8 heteroatoms. The Labute approximate surface area is 178 Å². The first-order valence-electron chi connectivity index (χ1n) is 9.51. The van der Waals surface area contributed by atoms with Gasteiger partial charge in [0, 0.05) is 5.02 Å². The fourth-order valence-electron chi connectivity index (χ4n) is 3.10. The van der Waals surface area contributed by atoms with Gasteiger partial charge in [0.15, 0.2) is 0 Å². The summed E-state index contributed by atoms with van der Waals surface area (Å²) in [6.07, 6.45) is -0.780. The number of imidazole rings is 1. The van der Waals surface area contributed by atoms with E-state index in [2.05, 4.69) is 0 Å². The number of ether oxygens (including phenoxy) is 2. The average molecular weight is 431 g/mol. The monoisotopic (exact) mass is 430 g/mol. The third-order valence-corrected chi connectivity index (χ3v) is 4.54. The van der Waals surface area contributed by atoms with Gasteiger partial charge in [-0.15, -0.1) is 0 Å². The molecule has 0 radical (unpaired) electrons. The first-order valence-corrected chi connectivity index (χ1v) is 9.89. The summed E-state index contributed by atoms with van der Waals surface area (Å²) >= 11 is 6.15. The smallest absolute Gasteiger partial charge is 0.423 e. The Balaban J connectivity index is 2.16. The van der Waals surface area contributed by atoms with Gasteiger partial charge in [0.2, 0.25) is 0 Å². The maximum absolute atomic E-state index is 13.2. The van der Waals surface area contributed by atoms with Crippen LogP contribution in [0.3, 0.4) is 0 Å². The number of carbonyl (C=O) groups excluding carboxylic acids is 2. The molecule has 7 nitrogen and oxygen atoms in total. The molecule has 0 aliphatic rings. The zero-order chi connectivity index (χ0) is 22.1. The van der Waals surface area contributed by atoms with Crippen molar-refractivity contribution >= 4 is 34.7 Å². The Morgan fingerprint density at radius 2 is 1.77 bits per heavy atom. The number of nitrogens with zero attached hydrogens (tertiary/aromatic N) is 2. The number of aromatic nitrogens is 2. The molecule has 158 valence electrons. The molecule has 0 N–H and O–H groups in total. The van der Waals surface area contributed by atoms with Crippen LogP contribution < -0.4 is 5.69 Å². The van der Waals surface area contributed by atoms with Gasteiger partial charge in [-0.1, -0.05) is 29.8 Å². The predicted octanol–water partition coefficient (Wildman–Crippen LogP) is 4.46. The van der Waals surface area contributed by atoms with Crippen molar-refractivity contribution in [3.8, 4) is 0 Å². The van der Waals surface area contributed by atoms with E-state index >= 15 is 0 Å². The molecule has 0 fully saturated rings. The third-order valence-electron chi connectivity index (χ3n) is 4.31. The highest BCUT2D eigenvalue weighted by molar-refractivity contribution is 6.31. The van der Waals surface area contributed by atoms with Crippen LogP contribution in [0, 0.1) is 0 Å². The molecule has 0 amide bonds. The second-order valence-electron chi connectivity index (χ2n) is 7.70. The van der Waals surface area contributed by atoms with E-state index in [1.165, 1.54) is 4.57 Å². The molecular formula is C22H23ClN2O5. The normalized spacial score (nSPS) is 11.5. The summed E-state index contributed by atoms with van der Waals surface area (Å²) in [4.78, 5) is 38.2. The number of rotatable bonds is 4. The van der Waals surface area contributed by atoms with Crippen LogP contribution in [-0.4, -0.2) is 33.4 Å². The molecular weight excluding hydrogens is 408 g/mol. The lowest BCUT2D eigenvalue weighted by atomic mass is 10.1. The van der Waals surface area contributed by atoms with Gasteiger partial charge in [-0.2, -0.15) is 4.57 Å². The second kappa shape index (κ2) is 8.36. The zero-order valence-corrected chi connectivity index (χ0v) is 18.0. The molecule has 0 bridgehead atoms. The maximum Gasteiger partial charge on any atom is 0.423 e. The Bertz CT molecular complexity index is 1170. The van der Waals surface area contributed by atoms with Crippen molar-refractivity contribution in [2.24, 2.45) is 0 Å². The Kier molecular flexibility index (Phi) is 6.03. The van der Waals surface area contributed by atoms with Gasteiger partial charge in [-0.25, -0.2) is 14.4 Å². The predicted molar refractivity (Wildman–Crippen MR) is 114 cm³/mol. The second-order valence-corrected chi connectivity index (χ2v) is 8.13. The van der Waals surface area contributed by atoms with Crippen molar-refractivity contribution < 1.29 is 19.1 Å². The molecule has 0 spiro atoms. The summed E-state index contributed by atoms with van der Waals surface area (Å²) in [7, 11) is 0. The van der Waals surface area contributed by atoms with E-state index in [1.54, 1.807) is 70.2 Å². The van der Waals surface area contributed by atoms with E-state index in [9.17, 15) is 14.4 Å². The minimum Gasteiger partial charge on any atom is -0.462 e. The largest absolute Gasteiger partial charge is 0.462 e. The minimum absolute atomic E-state index is 0.0560. The molecule has 3 rings (SSSR count). The van der Waals surface area contributed by atoms with Crippen LogP contribution in [0.2, 0.25) is 5.02 Å². The van der Waals surface area contributed by atoms with Crippen LogP contribution in [0.15, 0.2) is 47.3 Å². The van der Waals surface area contributed by atoms with Crippen LogP contribution in [0.1, 0.15) is 43.6 Å². The number of halogens is 1. The van der Waals surface area contributed by atoms with E-state index < -0.39 is 23.4 Å². The lowest BCUT2D eigenvalue weighted by molar-refractivity contribution is 0.0517. The van der Waals surface area contributed by atoms with Crippen molar-refractivity contribution in [1.82, 2.24) is 9.13 Å². The van der Waals surface area contributed by atoms with Crippen LogP contribution in [-0.2, 0) is 16.0 Å². The van der Waals surface area contributed by atoms with Gasteiger partial charge in [0.05, 0.1) is 29.7 Å². The Morgan fingerprint density at radius 3 is 2.43 bits per heavy atom. The maximum atomic E-state index is 13.2. The first kappa shape index (κ1) is 21.6. The molecule has 0 atom stereocenters. The lowest BCUT2D eigenvalue weighted by Crippen LogP contribution is -2.34. The van der Waals surface area contributed by atoms with Crippen LogP contribution in [0.5, 0.6) is 0 Å². The highest BCUT2D eigenvalue weighted by Gasteiger charge is 2.25. The van der Waals surface area contributed by atoms with Gasteiger partial charge >= 0.3 is 17.8 Å². The quantitative estimate of drug-likeness (QED) is 0.571. The van der Waals surface area contributed by atoms with E-state index in [0.717, 1.165) is 4.57 Å². The highest BCUT2D eigenvalue weighted by atomic mass is 35.5. The minimum atomic E-state index is -0.780. The fourth-order valence-corrected chi connectivity index (χ4v) is 3.27. The van der Waals surface area contributed by atoms with Crippen LogP contribution in [0.4, 0.5) is 4.79 Å². The van der Waals surface area contributed by atoms with Gasteiger partial charge in [-0.3, -0.25) is 4.57 Å². The molecule has 0 unspecified atom stereocenters. The topological polar surface area (TPSA) is 79.5 Å². The van der Waals surface area contributed by atoms with Crippen molar-refractivity contribution in [3.05, 3.63) is 69.1 Å². The number of benzene rings is 2. The van der Waals surface area contributed by atoms with E-state index in [-0.39, 0.29) is 13.2 Å². The fraction of sp³-hybridized carbons (Fsp3) is 0.318. The van der Waals surface area contributed by atoms with E-state index in [4.69, 9.17) is 21.1 Å². The molecule has 2 aromatic carbocycles. The Hall–Kier alpha value is -3.06. The number of esters is 1. The molecule has 0 saturated heterocycles. The van der Waals surface area contributed by atoms with Crippen molar-refractivity contribution in [3.63, 3.8) is 0 Å². The highest BCUT2D eigenvalue weighted by Crippen LogP contribution is 2.22. The number of fused-ring (bicyclic) bond motifs is 1. The van der Waals surface area contributed by atoms with Crippen molar-refractivity contribution in [2.45, 2.75) is 39.8 Å². The number of hydrogen-bond donors (Lipinski definition) is 0. The van der Waals surface area contributed by atoms with Gasteiger partial charge in [0.1, 0.15) is 5.60 Å². The van der Waals surface area contributed by atoms with Gasteiger partial charge in [0.25, 0.3) is 0 Å². The standard InChI is InChI=1S/C22H23ClN2O5/c1-5-29-19(26)16-9-7-6-8-14(16)13-24-18-12-15(23)10-11-17(18)25(20(24)27)21(28)30-22(2,3)4/h6-12H,5,13H2,1-4H3. The number of carbonyl (C=O) groups is 2. The van der Waals surface area contributed by atoms with Gasteiger partial charge in [-0.05, 0) is 57.5 Å². The zero-order valence-electron chi connectivity index (χ0n) is 17.3. The third kappa shape index (κ3) is 4.41. The molecule has 1 heterocycles. The molecule has 1 aromatic heterocycles. The van der Waals surface area contributed by atoms with Crippen molar-refractivity contribution in [2.75, 3.05) is 6.61 Å². The van der Waals surface area contributed by atoms with Gasteiger partial charge < -0.3 is 9.47 Å². The summed E-state index contributed by atoms with van der Waals surface area (Å²) in [5.74, 6) is -0.477.